The Morgan fingerprint density at radius 3 is 0.847 bits per heavy atom. The van der Waals surface area contributed by atoms with Crippen LogP contribution in [0, 0.1) is 0 Å². The van der Waals surface area contributed by atoms with Crippen LogP contribution in [0.5, 0.6) is 0 Å². The minimum atomic E-state index is 1.22. The van der Waals surface area contributed by atoms with Crippen LogP contribution >= 0.6 is 0 Å². The van der Waals surface area contributed by atoms with E-state index in [2.05, 4.69) is 376 Å². The molecular weight excluding hydrogens is 1180 g/mol. The zero-order chi connectivity index (χ0) is 64.6. The summed E-state index contributed by atoms with van der Waals surface area (Å²) in [7, 11) is 0. The molecule has 0 fully saturated rings. The molecular formula is C98H62. The van der Waals surface area contributed by atoms with Crippen LogP contribution in [0.25, 0.3) is 196 Å². The molecule has 0 unspecified atom stereocenters. The minimum Gasteiger partial charge on any atom is -0.0622 e. The average molecular weight is 1240 g/mol. The van der Waals surface area contributed by atoms with Crippen LogP contribution in [0.3, 0.4) is 0 Å². The molecule has 0 bridgehead atoms. The first-order chi connectivity index (χ1) is 48.6. The molecule has 0 aromatic heterocycles. The van der Waals surface area contributed by atoms with Crippen LogP contribution in [0.4, 0.5) is 0 Å². The standard InChI is InChI=1S/C50H32.C48H30/c1-2-14-33(15-3-1)35-17-12-19-37(30-35)49-43-24-8-10-26-45(43)50(46-27-11-9-25-44(46)49)38-20-13-18-36(31-38)47-32-39-29-28-34-16-4-5-21-40(34)48(39)42-23-7-6-22-41(42)47;1-3-18-36-31(13-1)15-12-26-37(36)33-16-11-17-34(29-33)47-41-22-7-9-24-43(41)48(44-25-10-8-23-42(44)47)45-30-35-28-27-32-14-2-4-19-38(32)46(35)40-21-6-5-20-39(40)45/h1-32H;1-30H. The molecule has 20 aromatic carbocycles. The summed E-state index contributed by atoms with van der Waals surface area (Å²) in [5.74, 6) is 0. The molecule has 0 aliphatic heterocycles. The molecule has 20 aromatic rings. The Kier molecular flexibility index (Phi) is 13.7. The predicted molar refractivity (Wildman–Crippen MR) is 424 cm³/mol. The maximum atomic E-state index is 2.43. The lowest BCUT2D eigenvalue weighted by atomic mass is 9.83. The Hall–Kier alpha value is -12.7. The van der Waals surface area contributed by atoms with Gasteiger partial charge >= 0.3 is 0 Å². The second-order valence-corrected chi connectivity index (χ2v) is 26.0. The van der Waals surface area contributed by atoms with E-state index in [1.165, 1.54) is 196 Å². The Balaban J connectivity index is 0.000000137. The van der Waals surface area contributed by atoms with Crippen LogP contribution in [0.1, 0.15) is 0 Å². The fourth-order valence-corrected chi connectivity index (χ4v) is 16.3. The maximum absolute atomic E-state index is 2.43. The molecule has 20 rings (SSSR count). The van der Waals surface area contributed by atoms with Crippen molar-refractivity contribution in [2.45, 2.75) is 0 Å². The Morgan fingerprint density at radius 2 is 0.388 bits per heavy atom. The van der Waals surface area contributed by atoms with Crippen molar-refractivity contribution >= 4 is 118 Å². The summed E-state index contributed by atoms with van der Waals surface area (Å²) >= 11 is 0. The van der Waals surface area contributed by atoms with E-state index in [-0.39, 0.29) is 0 Å². The average Bonchev–Trinajstić information content (AvgIpc) is 0.723. The summed E-state index contributed by atoms with van der Waals surface area (Å²) in [5, 5.41) is 28.1. The van der Waals surface area contributed by atoms with Crippen molar-refractivity contribution < 1.29 is 0 Å². The van der Waals surface area contributed by atoms with Crippen molar-refractivity contribution in [3.63, 3.8) is 0 Å². The van der Waals surface area contributed by atoms with Gasteiger partial charge in [0, 0.05) is 0 Å². The molecule has 0 saturated heterocycles. The zero-order valence-electron chi connectivity index (χ0n) is 53.8. The van der Waals surface area contributed by atoms with Gasteiger partial charge in [0.2, 0.25) is 0 Å². The van der Waals surface area contributed by atoms with Gasteiger partial charge in [-0.05, 0) is 227 Å². The fourth-order valence-electron chi connectivity index (χ4n) is 16.3. The number of hydrogen-bond acceptors (Lipinski definition) is 0. The Morgan fingerprint density at radius 1 is 0.112 bits per heavy atom. The van der Waals surface area contributed by atoms with Gasteiger partial charge in [-0.3, -0.25) is 0 Å². The largest absolute Gasteiger partial charge is 0.0622 e. The Bertz CT molecular complexity index is 6490. The molecule has 0 aliphatic rings. The quantitative estimate of drug-likeness (QED) is 0.110. The predicted octanol–water partition coefficient (Wildman–Crippen LogP) is 27.7. The zero-order valence-corrected chi connectivity index (χ0v) is 53.8. The van der Waals surface area contributed by atoms with E-state index in [1.54, 1.807) is 0 Å². The van der Waals surface area contributed by atoms with Crippen molar-refractivity contribution in [1.82, 2.24) is 0 Å². The van der Waals surface area contributed by atoms with E-state index in [1.807, 2.05) is 0 Å². The van der Waals surface area contributed by atoms with E-state index < -0.39 is 0 Å². The van der Waals surface area contributed by atoms with E-state index in [4.69, 9.17) is 0 Å². The van der Waals surface area contributed by atoms with Gasteiger partial charge in [0.15, 0.2) is 0 Å². The van der Waals surface area contributed by atoms with Gasteiger partial charge in [-0.1, -0.05) is 346 Å². The van der Waals surface area contributed by atoms with Crippen molar-refractivity contribution in [2.75, 3.05) is 0 Å². The van der Waals surface area contributed by atoms with E-state index in [0.29, 0.717) is 0 Å². The fraction of sp³-hybridized carbons (Fsp3) is 0. The third-order valence-corrected chi connectivity index (χ3v) is 20.6. The molecule has 0 aliphatic carbocycles. The summed E-state index contributed by atoms with van der Waals surface area (Å²) in [6.45, 7) is 0. The maximum Gasteiger partial charge on any atom is -0.00199 e. The van der Waals surface area contributed by atoms with E-state index in [9.17, 15) is 0 Å². The molecule has 0 spiro atoms. The molecule has 0 saturated carbocycles. The number of benzene rings is 20. The lowest BCUT2D eigenvalue weighted by molar-refractivity contribution is 1.61. The number of rotatable bonds is 7. The van der Waals surface area contributed by atoms with Gasteiger partial charge in [-0.15, -0.1) is 0 Å². The van der Waals surface area contributed by atoms with Gasteiger partial charge in [0.05, 0.1) is 0 Å². The van der Waals surface area contributed by atoms with Gasteiger partial charge in [0.25, 0.3) is 0 Å². The molecule has 0 atom stereocenters. The summed E-state index contributed by atoms with van der Waals surface area (Å²) in [5.41, 5.74) is 17.5. The molecule has 454 valence electrons. The lowest BCUT2D eigenvalue weighted by Crippen LogP contribution is -1.93. The van der Waals surface area contributed by atoms with Crippen LogP contribution in [0.2, 0.25) is 0 Å². The molecule has 0 heterocycles. The summed E-state index contributed by atoms with van der Waals surface area (Å²) in [6, 6.07) is 138. The SMILES string of the molecule is c1cc(-c2cccc3ccccc23)cc(-c2c3ccccc3c(-c3cc4ccc5ccccc5c4c4ccccc34)c3ccccc23)c1.c1ccc(-c2cccc(-c3c4ccccc4c(-c4cccc(-c5cc6ccc7ccccc7c6c6ccccc56)c4)c4ccccc34)c2)cc1. The van der Waals surface area contributed by atoms with Crippen molar-refractivity contribution in [1.29, 1.82) is 0 Å². The van der Waals surface area contributed by atoms with Crippen molar-refractivity contribution in [3.8, 4) is 77.9 Å². The van der Waals surface area contributed by atoms with Crippen LogP contribution < -0.4 is 0 Å². The van der Waals surface area contributed by atoms with Crippen molar-refractivity contribution in [2.24, 2.45) is 0 Å². The molecule has 0 nitrogen and oxygen atoms in total. The summed E-state index contributed by atoms with van der Waals surface area (Å²) in [4.78, 5) is 0. The highest BCUT2D eigenvalue weighted by atomic mass is 14.3. The number of fused-ring (bicyclic) bond motifs is 15. The van der Waals surface area contributed by atoms with Crippen LogP contribution in [0.15, 0.2) is 376 Å². The lowest BCUT2D eigenvalue weighted by Gasteiger charge is -2.20. The highest BCUT2D eigenvalue weighted by Gasteiger charge is 2.22. The monoisotopic (exact) mass is 1240 g/mol. The van der Waals surface area contributed by atoms with Gasteiger partial charge in [0.1, 0.15) is 0 Å². The summed E-state index contributed by atoms with van der Waals surface area (Å²) < 4.78 is 0. The highest BCUT2D eigenvalue weighted by molar-refractivity contribution is 6.29. The molecule has 0 N–H and O–H groups in total. The van der Waals surface area contributed by atoms with E-state index in [0.717, 1.165) is 0 Å². The van der Waals surface area contributed by atoms with Gasteiger partial charge in [-0.2, -0.15) is 0 Å². The van der Waals surface area contributed by atoms with Gasteiger partial charge < -0.3 is 0 Å². The smallest absolute Gasteiger partial charge is 0.00199 e. The second-order valence-electron chi connectivity index (χ2n) is 26.0. The second kappa shape index (κ2) is 23.6. The third-order valence-electron chi connectivity index (χ3n) is 20.6. The molecule has 0 amide bonds. The molecule has 0 heteroatoms. The normalized spacial score (nSPS) is 11.7. The number of hydrogen-bond donors (Lipinski definition) is 0. The first-order valence-corrected chi connectivity index (χ1v) is 34.0. The minimum absolute atomic E-state index is 1.22. The van der Waals surface area contributed by atoms with Crippen LogP contribution in [-0.2, 0) is 0 Å². The first-order valence-electron chi connectivity index (χ1n) is 34.0. The summed E-state index contributed by atoms with van der Waals surface area (Å²) in [6.07, 6.45) is 0. The third kappa shape index (κ3) is 9.44. The molecule has 0 radical (unpaired) electrons. The Labute approximate surface area is 568 Å². The van der Waals surface area contributed by atoms with Crippen LogP contribution in [-0.4, -0.2) is 0 Å². The molecule has 98 heavy (non-hydrogen) atoms. The first kappa shape index (κ1) is 56.8. The topological polar surface area (TPSA) is 0 Å². The highest BCUT2D eigenvalue weighted by Crippen LogP contribution is 2.50. The van der Waals surface area contributed by atoms with Crippen molar-refractivity contribution in [3.05, 3.63) is 376 Å². The van der Waals surface area contributed by atoms with Gasteiger partial charge in [-0.25, -0.2) is 0 Å². The van der Waals surface area contributed by atoms with E-state index >= 15 is 0 Å².